The van der Waals surface area contributed by atoms with Crippen LogP contribution in [0.15, 0.2) is 66.9 Å². The Labute approximate surface area is 163 Å². The van der Waals surface area contributed by atoms with Gasteiger partial charge in [0.2, 0.25) is 0 Å². The van der Waals surface area contributed by atoms with Gasteiger partial charge >= 0.3 is 0 Å². The summed E-state index contributed by atoms with van der Waals surface area (Å²) in [7, 11) is 0. The molecule has 0 bridgehead atoms. The normalized spacial score (nSPS) is 16.8. The summed E-state index contributed by atoms with van der Waals surface area (Å²) >= 11 is 0. The van der Waals surface area contributed by atoms with Gasteiger partial charge in [0.1, 0.15) is 5.82 Å². The highest BCUT2D eigenvalue weighted by atomic mass is 19.1. The van der Waals surface area contributed by atoms with E-state index in [-0.39, 0.29) is 17.6 Å². The molecule has 1 fully saturated rings. The van der Waals surface area contributed by atoms with Crippen LogP contribution in [0.5, 0.6) is 0 Å². The maximum atomic E-state index is 13.1. The molecule has 1 aromatic heterocycles. The van der Waals surface area contributed by atoms with Crippen molar-refractivity contribution in [2.75, 3.05) is 13.1 Å². The minimum Gasteiger partial charge on any atom is -0.337 e. The fourth-order valence-electron chi connectivity index (χ4n) is 3.46. The first-order valence-corrected chi connectivity index (χ1v) is 9.35. The molecule has 28 heavy (non-hydrogen) atoms. The van der Waals surface area contributed by atoms with Gasteiger partial charge in [-0.1, -0.05) is 59.8 Å². The first-order valence-electron chi connectivity index (χ1n) is 9.35. The number of rotatable bonds is 5. The average Bonchev–Trinajstić information content (AvgIpc) is 3.39. The molecular weight excluding hydrogens is 355 g/mol. The second-order valence-corrected chi connectivity index (χ2v) is 6.93. The van der Waals surface area contributed by atoms with E-state index in [9.17, 15) is 9.18 Å². The van der Waals surface area contributed by atoms with E-state index in [1.54, 1.807) is 27.9 Å². The van der Waals surface area contributed by atoms with Crippen LogP contribution in [0.1, 0.15) is 34.0 Å². The number of hydrogen-bond donors (Lipinski definition) is 0. The standard InChI is InChI=1S/C22H21FN4O/c23-20-10-8-18(9-11-20)19-12-14-26(15-19)22(28)21-16-27(25-24-21)13-4-7-17-5-2-1-3-6-17/h1-11,16,19H,12-15H2/b7-4+/t19-/m1/s1. The van der Waals surface area contributed by atoms with Crippen molar-refractivity contribution in [1.29, 1.82) is 0 Å². The van der Waals surface area contributed by atoms with Crippen LogP contribution >= 0.6 is 0 Å². The number of likely N-dealkylation sites (tertiary alicyclic amines) is 1. The number of benzene rings is 2. The van der Waals surface area contributed by atoms with E-state index in [4.69, 9.17) is 0 Å². The Kier molecular flexibility index (Phi) is 5.28. The molecule has 0 unspecified atom stereocenters. The smallest absolute Gasteiger partial charge is 0.276 e. The average molecular weight is 376 g/mol. The fraction of sp³-hybridized carbons (Fsp3) is 0.227. The second-order valence-electron chi connectivity index (χ2n) is 6.93. The van der Waals surface area contributed by atoms with Crippen molar-refractivity contribution in [3.8, 4) is 0 Å². The number of hydrogen-bond acceptors (Lipinski definition) is 3. The Balaban J connectivity index is 1.35. The molecule has 1 atom stereocenters. The molecule has 2 aromatic carbocycles. The highest BCUT2D eigenvalue weighted by Gasteiger charge is 2.29. The minimum atomic E-state index is -0.243. The molecule has 0 radical (unpaired) electrons. The van der Waals surface area contributed by atoms with Crippen LogP contribution in [0.25, 0.3) is 6.08 Å². The van der Waals surface area contributed by atoms with Gasteiger partial charge in [0.25, 0.3) is 5.91 Å². The molecule has 0 aliphatic carbocycles. The quantitative estimate of drug-likeness (QED) is 0.681. The molecule has 2 heterocycles. The lowest BCUT2D eigenvalue weighted by molar-refractivity contribution is 0.0785. The third-order valence-electron chi connectivity index (χ3n) is 4.98. The minimum absolute atomic E-state index is 0.108. The Bertz CT molecular complexity index is 966. The van der Waals surface area contributed by atoms with Crippen molar-refractivity contribution in [3.05, 3.63) is 89.5 Å². The van der Waals surface area contributed by atoms with Crippen LogP contribution < -0.4 is 0 Å². The third kappa shape index (κ3) is 4.17. The summed E-state index contributed by atoms with van der Waals surface area (Å²) in [6.07, 6.45) is 6.55. The number of amides is 1. The Hall–Kier alpha value is -3.28. The first kappa shape index (κ1) is 18.1. The monoisotopic (exact) mass is 376 g/mol. The summed E-state index contributed by atoms with van der Waals surface area (Å²) in [5.41, 5.74) is 2.53. The number of carbonyl (C=O) groups is 1. The summed E-state index contributed by atoms with van der Waals surface area (Å²) in [4.78, 5) is 14.5. The van der Waals surface area contributed by atoms with Crippen LogP contribution in [0.3, 0.4) is 0 Å². The molecule has 4 rings (SSSR count). The molecule has 1 saturated heterocycles. The zero-order valence-corrected chi connectivity index (χ0v) is 15.4. The van der Waals surface area contributed by atoms with Crippen LogP contribution in [0.2, 0.25) is 0 Å². The summed E-state index contributed by atoms with van der Waals surface area (Å²) in [5, 5.41) is 8.09. The highest BCUT2D eigenvalue weighted by molar-refractivity contribution is 5.92. The van der Waals surface area contributed by atoms with Crippen molar-refractivity contribution in [2.24, 2.45) is 0 Å². The summed E-state index contributed by atoms with van der Waals surface area (Å²) in [6, 6.07) is 16.5. The molecular formula is C22H21FN4O. The molecule has 3 aromatic rings. The van der Waals surface area contributed by atoms with Crippen molar-refractivity contribution >= 4 is 12.0 Å². The summed E-state index contributed by atoms with van der Waals surface area (Å²) in [6.45, 7) is 1.83. The van der Waals surface area contributed by atoms with E-state index in [2.05, 4.69) is 10.3 Å². The SMILES string of the molecule is O=C(c1cn(C/C=C/c2ccccc2)nn1)N1CC[C@@H](c2ccc(F)cc2)C1. The van der Waals surface area contributed by atoms with E-state index >= 15 is 0 Å². The van der Waals surface area contributed by atoms with Crippen LogP contribution in [-0.4, -0.2) is 38.9 Å². The second kappa shape index (κ2) is 8.17. The lowest BCUT2D eigenvalue weighted by atomic mass is 9.99. The molecule has 1 aliphatic rings. The topological polar surface area (TPSA) is 51.0 Å². The third-order valence-corrected chi connectivity index (χ3v) is 4.98. The largest absolute Gasteiger partial charge is 0.337 e. The number of allylic oxidation sites excluding steroid dienone is 1. The van der Waals surface area contributed by atoms with E-state index in [0.717, 1.165) is 17.5 Å². The molecule has 0 N–H and O–H groups in total. The molecule has 0 spiro atoms. The molecule has 142 valence electrons. The maximum absolute atomic E-state index is 13.1. The van der Waals surface area contributed by atoms with Gasteiger partial charge in [0.15, 0.2) is 5.69 Å². The predicted molar refractivity (Wildman–Crippen MR) is 105 cm³/mol. The molecule has 0 saturated carbocycles. The van der Waals surface area contributed by atoms with E-state index in [0.29, 0.717) is 25.3 Å². The lowest BCUT2D eigenvalue weighted by Gasteiger charge is -2.15. The van der Waals surface area contributed by atoms with Crippen LogP contribution in [0, 0.1) is 5.82 Å². The maximum Gasteiger partial charge on any atom is 0.276 e. The number of halogens is 1. The van der Waals surface area contributed by atoms with Crippen molar-refractivity contribution < 1.29 is 9.18 Å². The Morgan fingerprint density at radius 2 is 1.93 bits per heavy atom. The van der Waals surface area contributed by atoms with E-state index < -0.39 is 0 Å². The Morgan fingerprint density at radius 1 is 1.14 bits per heavy atom. The number of nitrogens with zero attached hydrogens (tertiary/aromatic N) is 4. The van der Waals surface area contributed by atoms with Crippen molar-refractivity contribution in [1.82, 2.24) is 19.9 Å². The number of aromatic nitrogens is 3. The fourth-order valence-corrected chi connectivity index (χ4v) is 3.46. The van der Waals surface area contributed by atoms with Crippen molar-refractivity contribution in [3.63, 3.8) is 0 Å². The summed E-state index contributed by atoms with van der Waals surface area (Å²) in [5.74, 6) is -0.121. The molecule has 1 amide bonds. The van der Waals surface area contributed by atoms with Gasteiger partial charge in [-0.15, -0.1) is 5.10 Å². The van der Waals surface area contributed by atoms with Gasteiger partial charge in [-0.05, 0) is 29.7 Å². The van der Waals surface area contributed by atoms with E-state index in [1.165, 1.54) is 12.1 Å². The Morgan fingerprint density at radius 3 is 2.71 bits per heavy atom. The van der Waals surface area contributed by atoms with Gasteiger partial charge in [-0.25, -0.2) is 9.07 Å². The van der Waals surface area contributed by atoms with Crippen LogP contribution in [-0.2, 0) is 6.54 Å². The molecule has 6 heteroatoms. The van der Waals surface area contributed by atoms with E-state index in [1.807, 2.05) is 42.5 Å². The molecule has 5 nitrogen and oxygen atoms in total. The van der Waals surface area contributed by atoms with Gasteiger partial charge in [0.05, 0.1) is 12.7 Å². The summed E-state index contributed by atoms with van der Waals surface area (Å²) < 4.78 is 14.8. The predicted octanol–water partition coefficient (Wildman–Crippen LogP) is 3.76. The van der Waals surface area contributed by atoms with Gasteiger partial charge < -0.3 is 4.90 Å². The van der Waals surface area contributed by atoms with Crippen LogP contribution in [0.4, 0.5) is 4.39 Å². The zero-order chi connectivity index (χ0) is 19.3. The lowest BCUT2D eigenvalue weighted by Crippen LogP contribution is -2.28. The van der Waals surface area contributed by atoms with Gasteiger partial charge in [-0.3, -0.25) is 4.79 Å². The van der Waals surface area contributed by atoms with Gasteiger partial charge in [-0.2, -0.15) is 0 Å². The number of carbonyl (C=O) groups excluding carboxylic acids is 1. The highest BCUT2D eigenvalue weighted by Crippen LogP contribution is 2.28. The van der Waals surface area contributed by atoms with Crippen molar-refractivity contribution in [2.45, 2.75) is 18.9 Å². The molecule has 1 aliphatic heterocycles. The zero-order valence-electron chi connectivity index (χ0n) is 15.4. The first-order chi connectivity index (χ1) is 13.7. The van der Waals surface area contributed by atoms with Gasteiger partial charge in [0, 0.05) is 19.0 Å².